The summed E-state index contributed by atoms with van der Waals surface area (Å²) in [6, 6.07) is 16.1. The molecular weight excluding hydrogens is 327 g/mol. The molecule has 0 aliphatic heterocycles. The predicted molar refractivity (Wildman–Crippen MR) is 102 cm³/mol. The summed E-state index contributed by atoms with van der Waals surface area (Å²) in [5.74, 6) is -0.0662. The van der Waals surface area contributed by atoms with E-state index in [0.29, 0.717) is 16.7 Å². The molecule has 26 heavy (non-hydrogen) atoms. The van der Waals surface area contributed by atoms with Gasteiger partial charge in [-0.25, -0.2) is 19.3 Å². The van der Waals surface area contributed by atoms with Crippen molar-refractivity contribution < 1.29 is 4.39 Å². The van der Waals surface area contributed by atoms with Crippen molar-refractivity contribution in [2.24, 2.45) is 0 Å². The molecule has 128 valence electrons. The zero-order valence-corrected chi connectivity index (χ0v) is 14.5. The third kappa shape index (κ3) is 2.88. The summed E-state index contributed by atoms with van der Waals surface area (Å²) in [4.78, 5) is 13.5. The Morgan fingerprint density at radius 3 is 2.23 bits per heavy atom. The number of hydrogen-bond donors (Lipinski definition) is 1. The van der Waals surface area contributed by atoms with Crippen molar-refractivity contribution in [2.45, 2.75) is 13.8 Å². The molecule has 0 aliphatic carbocycles. The number of nitrogen functional groups attached to an aromatic ring is 1. The van der Waals surface area contributed by atoms with Gasteiger partial charge in [0.25, 0.3) is 0 Å². The number of pyridine rings is 1. The van der Waals surface area contributed by atoms with E-state index >= 15 is 0 Å². The lowest BCUT2D eigenvalue weighted by molar-refractivity contribution is 0.628. The lowest BCUT2D eigenvalue weighted by atomic mass is 10.0. The monoisotopic (exact) mass is 344 g/mol. The van der Waals surface area contributed by atoms with E-state index in [1.807, 2.05) is 18.2 Å². The Morgan fingerprint density at radius 2 is 1.50 bits per heavy atom. The summed E-state index contributed by atoms with van der Waals surface area (Å²) in [5, 5.41) is 0. The van der Waals surface area contributed by atoms with E-state index in [1.165, 1.54) is 23.3 Å². The Kier molecular flexibility index (Phi) is 3.84. The van der Waals surface area contributed by atoms with Crippen LogP contribution in [0.4, 0.5) is 10.3 Å². The molecule has 0 spiro atoms. The first-order chi connectivity index (χ1) is 12.5. The van der Waals surface area contributed by atoms with Crippen LogP contribution in [0.25, 0.3) is 33.5 Å². The Bertz CT molecular complexity index is 1120. The van der Waals surface area contributed by atoms with Crippen LogP contribution in [0, 0.1) is 19.7 Å². The summed E-state index contributed by atoms with van der Waals surface area (Å²) in [6.45, 7) is 4.12. The van der Waals surface area contributed by atoms with Crippen molar-refractivity contribution >= 4 is 17.0 Å². The van der Waals surface area contributed by atoms with E-state index in [0.717, 1.165) is 16.8 Å². The van der Waals surface area contributed by atoms with Gasteiger partial charge in [0.05, 0.1) is 11.2 Å². The molecule has 0 amide bonds. The fourth-order valence-electron chi connectivity index (χ4n) is 2.90. The van der Waals surface area contributed by atoms with Crippen LogP contribution in [-0.4, -0.2) is 15.0 Å². The molecule has 4 rings (SSSR count). The van der Waals surface area contributed by atoms with Crippen molar-refractivity contribution in [3.05, 3.63) is 71.5 Å². The van der Waals surface area contributed by atoms with Gasteiger partial charge >= 0.3 is 0 Å². The molecule has 0 aliphatic rings. The van der Waals surface area contributed by atoms with Crippen molar-refractivity contribution in [3.63, 3.8) is 0 Å². The van der Waals surface area contributed by atoms with E-state index in [9.17, 15) is 4.39 Å². The van der Waals surface area contributed by atoms with Crippen LogP contribution in [0.1, 0.15) is 11.1 Å². The highest BCUT2D eigenvalue weighted by Gasteiger charge is 2.12. The lowest BCUT2D eigenvalue weighted by Gasteiger charge is -2.10. The molecular formula is C21H17FN4. The topological polar surface area (TPSA) is 64.7 Å². The molecule has 0 bridgehead atoms. The van der Waals surface area contributed by atoms with Crippen LogP contribution >= 0.6 is 0 Å². The highest BCUT2D eigenvalue weighted by Crippen LogP contribution is 2.29. The molecule has 4 aromatic rings. The van der Waals surface area contributed by atoms with Crippen LogP contribution in [-0.2, 0) is 0 Å². The number of aryl methyl sites for hydroxylation is 2. The fourth-order valence-corrected chi connectivity index (χ4v) is 2.90. The number of nitrogens with two attached hydrogens (primary N) is 1. The minimum atomic E-state index is -0.276. The largest absolute Gasteiger partial charge is 0.368 e. The molecule has 0 atom stereocenters. The van der Waals surface area contributed by atoms with Crippen molar-refractivity contribution in [1.82, 2.24) is 15.0 Å². The zero-order chi connectivity index (χ0) is 18.3. The average molecular weight is 344 g/mol. The van der Waals surface area contributed by atoms with Crippen LogP contribution in [0.5, 0.6) is 0 Å². The van der Waals surface area contributed by atoms with Gasteiger partial charge in [-0.3, -0.25) is 0 Å². The first-order valence-corrected chi connectivity index (χ1v) is 8.29. The zero-order valence-electron chi connectivity index (χ0n) is 14.5. The van der Waals surface area contributed by atoms with Crippen LogP contribution in [0.2, 0.25) is 0 Å². The van der Waals surface area contributed by atoms with Gasteiger partial charge in [0, 0.05) is 11.1 Å². The van der Waals surface area contributed by atoms with Gasteiger partial charge < -0.3 is 5.73 Å². The Hall–Kier alpha value is -3.34. The summed E-state index contributed by atoms with van der Waals surface area (Å²) >= 11 is 0. The normalized spacial score (nSPS) is 11.0. The second kappa shape index (κ2) is 6.19. The molecule has 4 nitrogen and oxygen atoms in total. The highest BCUT2D eigenvalue weighted by molar-refractivity contribution is 5.91. The van der Waals surface area contributed by atoms with Crippen molar-refractivity contribution in [3.8, 4) is 22.5 Å². The molecule has 2 heterocycles. The number of anilines is 1. The summed E-state index contributed by atoms with van der Waals surface area (Å²) < 4.78 is 13.2. The van der Waals surface area contributed by atoms with Gasteiger partial charge in [-0.05, 0) is 67.4 Å². The van der Waals surface area contributed by atoms with Crippen LogP contribution in [0.15, 0.2) is 54.6 Å². The molecule has 2 aromatic heterocycles. The maximum atomic E-state index is 13.2. The van der Waals surface area contributed by atoms with Gasteiger partial charge in [-0.1, -0.05) is 12.1 Å². The third-order valence-corrected chi connectivity index (χ3v) is 4.48. The SMILES string of the molecule is Cc1ccc(-c2nc(N)nc3ccc(-c4ccc(F)cc4)nc23)cc1C. The number of benzene rings is 2. The second-order valence-electron chi connectivity index (χ2n) is 6.30. The standard InChI is InChI=1S/C21H17FN4/c1-12-3-4-15(11-13(12)2)19-20-18(25-21(23)26-19)10-9-17(24-20)14-5-7-16(22)8-6-14/h3-11H,1-2H3,(H2,23,25,26). The van der Waals surface area contributed by atoms with Gasteiger partial charge in [-0.15, -0.1) is 0 Å². The number of aromatic nitrogens is 3. The number of rotatable bonds is 2. The maximum absolute atomic E-state index is 13.2. The molecule has 2 aromatic carbocycles. The molecule has 0 fully saturated rings. The highest BCUT2D eigenvalue weighted by atomic mass is 19.1. The number of nitrogens with zero attached hydrogens (tertiary/aromatic N) is 3. The van der Waals surface area contributed by atoms with Gasteiger partial charge in [0.1, 0.15) is 17.0 Å². The Morgan fingerprint density at radius 1 is 0.769 bits per heavy atom. The molecule has 0 unspecified atom stereocenters. The molecule has 5 heteroatoms. The van der Waals surface area contributed by atoms with E-state index in [-0.39, 0.29) is 11.8 Å². The third-order valence-electron chi connectivity index (χ3n) is 4.48. The maximum Gasteiger partial charge on any atom is 0.221 e. The number of hydrogen-bond acceptors (Lipinski definition) is 4. The summed E-state index contributed by atoms with van der Waals surface area (Å²) in [5.41, 5.74) is 12.8. The van der Waals surface area contributed by atoms with Crippen LogP contribution < -0.4 is 5.73 Å². The Balaban J connectivity index is 1.95. The van der Waals surface area contributed by atoms with Crippen LogP contribution in [0.3, 0.4) is 0 Å². The minimum Gasteiger partial charge on any atom is -0.368 e. The molecule has 0 radical (unpaired) electrons. The Labute approximate surface area is 150 Å². The molecule has 0 saturated carbocycles. The first-order valence-electron chi connectivity index (χ1n) is 8.29. The summed E-state index contributed by atoms with van der Waals surface area (Å²) in [7, 11) is 0. The van der Waals surface area contributed by atoms with Gasteiger partial charge in [-0.2, -0.15) is 0 Å². The molecule has 0 saturated heterocycles. The number of fused-ring (bicyclic) bond motifs is 1. The molecule has 2 N–H and O–H groups in total. The lowest BCUT2D eigenvalue weighted by Crippen LogP contribution is -2.00. The fraction of sp³-hybridized carbons (Fsp3) is 0.0952. The van der Waals surface area contributed by atoms with Gasteiger partial charge in [0.2, 0.25) is 5.95 Å². The van der Waals surface area contributed by atoms with E-state index in [4.69, 9.17) is 10.7 Å². The van der Waals surface area contributed by atoms with Gasteiger partial charge in [0.15, 0.2) is 0 Å². The van der Waals surface area contributed by atoms with E-state index < -0.39 is 0 Å². The smallest absolute Gasteiger partial charge is 0.221 e. The summed E-state index contributed by atoms with van der Waals surface area (Å²) in [6.07, 6.45) is 0. The average Bonchev–Trinajstić information content (AvgIpc) is 2.63. The van der Waals surface area contributed by atoms with E-state index in [2.05, 4.69) is 35.9 Å². The predicted octanol–water partition coefficient (Wildman–Crippen LogP) is 4.70. The van der Waals surface area contributed by atoms with Crippen molar-refractivity contribution in [1.29, 1.82) is 0 Å². The second-order valence-corrected chi connectivity index (χ2v) is 6.30. The minimum absolute atomic E-state index is 0.210. The quantitative estimate of drug-likeness (QED) is 0.572. The van der Waals surface area contributed by atoms with Crippen molar-refractivity contribution in [2.75, 3.05) is 5.73 Å². The van der Waals surface area contributed by atoms with E-state index in [1.54, 1.807) is 12.1 Å². The number of halogens is 1. The first kappa shape index (κ1) is 16.1.